The van der Waals surface area contributed by atoms with E-state index in [1.54, 1.807) is 6.07 Å². The zero-order valence-electron chi connectivity index (χ0n) is 6.26. The maximum Gasteiger partial charge on any atom is 0.324 e. The zero-order chi connectivity index (χ0) is 8.97. The lowest BCUT2D eigenvalue weighted by atomic mass is 10.5. The summed E-state index contributed by atoms with van der Waals surface area (Å²) in [5.74, 6) is 0. The quantitative estimate of drug-likeness (QED) is 0.409. The average molecular weight is 186 g/mol. The largest absolute Gasteiger partial charge is 0.399 e. The minimum Gasteiger partial charge on any atom is -0.399 e. The summed E-state index contributed by atoms with van der Waals surface area (Å²) in [4.78, 5) is 14.9. The van der Waals surface area contributed by atoms with Gasteiger partial charge in [-0.15, -0.1) is 0 Å². The van der Waals surface area contributed by atoms with Crippen LogP contribution < -0.4 is 0 Å². The van der Waals surface area contributed by atoms with Crippen LogP contribution in [0.25, 0.3) is 0 Å². The van der Waals surface area contributed by atoms with E-state index in [0.29, 0.717) is 4.88 Å². The Labute approximate surface area is 72.4 Å². The second-order valence-corrected chi connectivity index (χ2v) is 2.94. The standard InChI is InChI=1S/C6H6N2O3S/c1-11-7-4-5-2-3-6(12-5)8(9)10/h2-4H,1H3. The summed E-state index contributed by atoms with van der Waals surface area (Å²) >= 11 is 1.05. The van der Waals surface area contributed by atoms with Gasteiger partial charge in [-0.25, -0.2) is 0 Å². The normalized spacial score (nSPS) is 10.4. The monoisotopic (exact) mass is 186 g/mol. The molecule has 0 saturated heterocycles. The van der Waals surface area contributed by atoms with Gasteiger partial charge in [0.15, 0.2) is 0 Å². The lowest BCUT2D eigenvalue weighted by Crippen LogP contribution is -1.80. The van der Waals surface area contributed by atoms with E-state index in [2.05, 4.69) is 9.99 Å². The molecule has 0 aliphatic rings. The molecule has 64 valence electrons. The Hall–Kier alpha value is -1.43. The van der Waals surface area contributed by atoms with Crippen LogP contribution in [0.2, 0.25) is 0 Å². The van der Waals surface area contributed by atoms with Crippen LogP contribution >= 0.6 is 11.3 Å². The smallest absolute Gasteiger partial charge is 0.324 e. The summed E-state index contributed by atoms with van der Waals surface area (Å²) in [5.41, 5.74) is 0. The molecule has 0 aromatic carbocycles. The van der Waals surface area contributed by atoms with Gasteiger partial charge in [0.2, 0.25) is 0 Å². The summed E-state index contributed by atoms with van der Waals surface area (Å²) in [7, 11) is 1.42. The highest BCUT2D eigenvalue weighted by molar-refractivity contribution is 7.16. The van der Waals surface area contributed by atoms with E-state index >= 15 is 0 Å². The van der Waals surface area contributed by atoms with Crippen molar-refractivity contribution in [2.45, 2.75) is 0 Å². The van der Waals surface area contributed by atoms with Crippen molar-refractivity contribution >= 4 is 22.6 Å². The second-order valence-electron chi connectivity index (χ2n) is 1.85. The Morgan fingerprint density at radius 1 is 1.75 bits per heavy atom. The highest BCUT2D eigenvalue weighted by atomic mass is 32.1. The molecule has 0 atom stereocenters. The number of nitro groups is 1. The van der Waals surface area contributed by atoms with Crippen LogP contribution in [-0.4, -0.2) is 18.2 Å². The van der Waals surface area contributed by atoms with Gasteiger partial charge >= 0.3 is 5.00 Å². The fourth-order valence-electron chi connectivity index (χ4n) is 0.614. The maximum absolute atomic E-state index is 10.2. The SMILES string of the molecule is CON=Cc1ccc([N+](=O)[O-])s1. The first-order valence-corrected chi connectivity index (χ1v) is 3.86. The van der Waals surface area contributed by atoms with E-state index in [9.17, 15) is 10.1 Å². The summed E-state index contributed by atoms with van der Waals surface area (Å²) in [6, 6.07) is 3.05. The van der Waals surface area contributed by atoms with Crippen LogP contribution in [-0.2, 0) is 4.84 Å². The van der Waals surface area contributed by atoms with E-state index in [1.165, 1.54) is 19.4 Å². The average Bonchev–Trinajstić information content (AvgIpc) is 2.48. The van der Waals surface area contributed by atoms with Crippen molar-refractivity contribution in [2.75, 3.05) is 7.11 Å². The third-order valence-corrected chi connectivity index (χ3v) is 2.05. The van der Waals surface area contributed by atoms with Gasteiger partial charge < -0.3 is 4.84 Å². The highest BCUT2D eigenvalue weighted by Gasteiger charge is 2.07. The molecule has 1 aromatic heterocycles. The van der Waals surface area contributed by atoms with Gasteiger partial charge in [-0.1, -0.05) is 16.5 Å². The van der Waals surface area contributed by atoms with Crippen molar-refractivity contribution in [3.8, 4) is 0 Å². The van der Waals surface area contributed by atoms with Gasteiger partial charge in [-0.05, 0) is 6.07 Å². The molecule has 0 aliphatic heterocycles. The first-order chi connectivity index (χ1) is 5.74. The predicted molar refractivity (Wildman–Crippen MR) is 45.6 cm³/mol. The molecule has 0 bridgehead atoms. The fraction of sp³-hybridized carbons (Fsp3) is 0.167. The predicted octanol–water partition coefficient (Wildman–Crippen LogP) is 1.64. The molecule has 5 nitrogen and oxygen atoms in total. The second kappa shape index (κ2) is 3.82. The van der Waals surface area contributed by atoms with Crippen LogP contribution in [0.1, 0.15) is 4.88 Å². The van der Waals surface area contributed by atoms with Gasteiger partial charge in [0, 0.05) is 6.07 Å². The molecule has 1 heterocycles. The molecule has 0 spiro atoms. The van der Waals surface area contributed by atoms with Crippen molar-refractivity contribution in [1.82, 2.24) is 0 Å². The van der Waals surface area contributed by atoms with Crippen LogP contribution in [0.15, 0.2) is 17.3 Å². The fourth-order valence-corrected chi connectivity index (χ4v) is 1.30. The lowest BCUT2D eigenvalue weighted by Gasteiger charge is -1.82. The van der Waals surface area contributed by atoms with Crippen molar-refractivity contribution < 1.29 is 9.76 Å². The van der Waals surface area contributed by atoms with Crippen molar-refractivity contribution in [2.24, 2.45) is 5.16 Å². The van der Waals surface area contributed by atoms with Crippen molar-refractivity contribution in [3.05, 3.63) is 27.1 Å². The lowest BCUT2D eigenvalue weighted by molar-refractivity contribution is -0.380. The van der Waals surface area contributed by atoms with E-state index < -0.39 is 4.92 Å². The molecular formula is C6H6N2O3S. The third kappa shape index (κ3) is 2.03. The summed E-state index contributed by atoms with van der Waals surface area (Å²) in [5, 5.41) is 13.8. The van der Waals surface area contributed by atoms with Gasteiger partial charge in [-0.3, -0.25) is 10.1 Å². The van der Waals surface area contributed by atoms with Gasteiger partial charge in [0.05, 0.1) is 16.0 Å². The number of hydrogen-bond acceptors (Lipinski definition) is 5. The Morgan fingerprint density at radius 2 is 2.50 bits per heavy atom. The molecule has 12 heavy (non-hydrogen) atoms. The summed E-state index contributed by atoms with van der Waals surface area (Å²) in [6.07, 6.45) is 1.43. The third-order valence-electron chi connectivity index (χ3n) is 1.08. The number of hydrogen-bond donors (Lipinski definition) is 0. The minimum atomic E-state index is -0.436. The Morgan fingerprint density at radius 3 is 3.00 bits per heavy atom. The molecule has 0 amide bonds. The Balaban J connectivity index is 2.77. The summed E-state index contributed by atoms with van der Waals surface area (Å²) < 4.78 is 0. The first kappa shape index (κ1) is 8.66. The molecular weight excluding hydrogens is 180 g/mol. The van der Waals surface area contributed by atoms with Crippen LogP contribution in [0.5, 0.6) is 0 Å². The first-order valence-electron chi connectivity index (χ1n) is 3.05. The molecule has 0 aliphatic carbocycles. The van der Waals surface area contributed by atoms with Crippen molar-refractivity contribution in [1.29, 1.82) is 0 Å². The van der Waals surface area contributed by atoms with Gasteiger partial charge in [0.25, 0.3) is 0 Å². The van der Waals surface area contributed by atoms with E-state index in [4.69, 9.17) is 0 Å². The van der Waals surface area contributed by atoms with Crippen molar-refractivity contribution in [3.63, 3.8) is 0 Å². The topological polar surface area (TPSA) is 64.7 Å². The van der Waals surface area contributed by atoms with Crippen LogP contribution in [0.4, 0.5) is 5.00 Å². The Bertz CT molecular complexity index is 307. The van der Waals surface area contributed by atoms with Crippen LogP contribution in [0.3, 0.4) is 0 Å². The number of oxime groups is 1. The van der Waals surface area contributed by atoms with E-state index in [1.807, 2.05) is 0 Å². The Kier molecular flexibility index (Phi) is 2.76. The molecule has 6 heteroatoms. The molecule has 0 radical (unpaired) electrons. The number of nitrogens with zero attached hydrogens (tertiary/aromatic N) is 2. The van der Waals surface area contributed by atoms with E-state index in [-0.39, 0.29) is 5.00 Å². The van der Waals surface area contributed by atoms with Gasteiger partial charge in [0.1, 0.15) is 7.11 Å². The molecule has 1 aromatic rings. The molecule has 1 rings (SSSR count). The highest BCUT2D eigenvalue weighted by Crippen LogP contribution is 2.22. The molecule has 0 unspecified atom stereocenters. The maximum atomic E-state index is 10.2. The zero-order valence-corrected chi connectivity index (χ0v) is 7.08. The van der Waals surface area contributed by atoms with Gasteiger partial charge in [-0.2, -0.15) is 0 Å². The molecule has 0 N–H and O–H groups in total. The summed E-state index contributed by atoms with van der Waals surface area (Å²) in [6.45, 7) is 0. The number of rotatable bonds is 3. The minimum absolute atomic E-state index is 0.104. The van der Waals surface area contributed by atoms with Crippen LogP contribution in [0, 0.1) is 10.1 Å². The number of thiophene rings is 1. The molecule has 0 fully saturated rings. The molecule has 0 saturated carbocycles. The van der Waals surface area contributed by atoms with E-state index in [0.717, 1.165) is 11.3 Å².